The number of hydrogen-bond acceptors (Lipinski definition) is 2. The van der Waals surface area contributed by atoms with Crippen LogP contribution in [0, 0.1) is 5.82 Å². The standard InChI is InChI=1S/C14H21FN2O.ClH/c1-14(2,11-6-4-7-12(15)10-11)17-13(18)8-5-9-16-3;/h4,6-7,10,16H,5,8-9H2,1-3H3,(H,17,18);1H. The second-order valence-corrected chi connectivity index (χ2v) is 4.89. The van der Waals surface area contributed by atoms with E-state index in [4.69, 9.17) is 0 Å². The number of halogens is 2. The second kappa shape index (κ2) is 8.12. The average molecular weight is 289 g/mol. The SMILES string of the molecule is CNCCCC(=O)NC(C)(C)c1cccc(F)c1.Cl. The summed E-state index contributed by atoms with van der Waals surface area (Å²) >= 11 is 0. The lowest BCUT2D eigenvalue weighted by Gasteiger charge is -2.27. The van der Waals surface area contributed by atoms with Gasteiger partial charge in [-0.3, -0.25) is 4.79 Å². The van der Waals surface area contributed by atoms with Gasteiger partial charge < -0.3 is 10.6 Å². The smallest absolute Gasteiger partial charge is 0.220 e. The zero-order chi connectivity index (χ0) is 13.6. The fraction of sp³-hybridized carbons (Fsp3) is 0.500. The first-order chi connectivity index (χ1) is 8.45. The van der Waals surface area contributed by atoms with Gasteiger partial charge in [0.25, 0.3) is 0 Å². The van der Waals surface area contributed by atoms with Crippen molar-refractivity contribution >= 4 is 18.3 Å². The Morgan fingerprint density at radius 1 is 1.37 bits per heavy atom. The van der Waals surface area contributed by atoms with E-state index in [1.807, 2.05) is 27.0 Å². The van der Waals surface area contributed by atoms with Crippen molar-refractivity contribution in [1.82, 2.24) is 10.6 Å². The molecule has 0 heterocycles. The second-order valence-electron chi connectivity index (χ2n) is 4.89. The van der Waals surface area contributed by atoms with Crippen LogP contribution < -0.4 is 10.6 Å². The molecular formula is C14H22ClFN2O. The largest absolute Gasteiger partial charge is 0.347 e. The highest BCUT2D eigenvalue weighted by Crippen LogP contribution is 2.20. The van der Waals surface area contributed by atoms with E-state index in [-0.39, 0.29) is 24.1 Å². The third-order valence-corrected chi connectivity index (χ3v) is 2.83. The number of carbonyl (C=O) groups excluding carboxylic acids is 1. The van der Waals surface area contributed by atoms with E-state index in [2.05, 4.69) is 10.6 Å². The molecule has 1 rings (SSSR count). The molecule has 0 saturated carbocycles. The third kappa shape index (κ3) is 6.03. The highest BCUT2D eigenvalue weighted by Gasteiger charge is 2.22. The predicted octanol–water partition coefficient (Wildman–Crippen LogP) is 2.60. The molecule has 5 heteroatoms. The molecule has 1 aromatic carbocycles. The van der Waals surface area contributed by atoms with E-state index in [0.29, 0.717) is 6.42 Å². The highest BCUT2D eigenvalue weighted by molar-refractivity contribution is 5.85. The van der Waals surface area contributed by atoms with Crippen molar-refractivity contribution in [2.24, 2.45) is 0 Å². The van der Waals surface area contributed by atoms with Crippen molar-refractivity contribution in [1.29, 1.82) is 0 Å². The maximum atomic E-state index is 13.2. The molecule has 1 amide bonds. The number of benzene rings is 1. The van der Waals surface area contributed by atoms with Gasteiger partial charge in [-0.15, -0.1) is 12.4 Å². The molecule has 0 fully saturated rings. The van der Waals surface area contributed by atoms with Crippen LogP contribution in [0.2, 0.25) is 0 Å². The molecule has 0 aliphatic heterocycles. The number of rotatable bonds is 6. The van der Waals surface area contributed by atoms with Crippen molar-refractivity contribution in [2.75, 3.05) is 13.6 Å². The number of nitrogens with one attached hydrogen (secondary N) is 2. The molecule has 2 N–H and O–H groups in total. The first-order valence-electron chi connectivity index (χ1n) is 6.17. The Kier molecular flexibility index (Phi) is 7.64. The monoisotopic (exact) mass is 288 g/mol. The molecule has 19 heavy (non-hydrogen) atoms. The lowest BCUT2D eigenvalue weighted by Crippen LogP contribution is -2.41. The van der Waals surface area contributed by atoms with Gasteiger partial charge in [0.15, 0.2) is 0 Å². The summed E-state index contributed by atoms with van der Waals surface area (Å²) in [4.78, 5) is 11.8. The summed E-state index contributed by atoms with van der Waals surface area (Å²) < 4.78 is 13.2. The highest BCUT2D eigenvalue weighted by atomic mass is 35.5. The Balaban J connectivity index is 0.00000324. The van der Waals surface area contributed by atoms with Crippen molar-refractivity contribution in [3.8, 4) is 0 Å². The van der Waals surface area contributed by atoms with Crippen LogP contribution in [0.5, 0.6) is 0 Å². The summed E-state index contributed by atoms with van der Waals surface area (Å²) in [5, 5.41) is 5.92. The maximum Gasteiger partial charge on any atom is 0.220 e. The first kappa shape index (κ1) is 17.9. The average Bonchev–Trinajstić information content (AvgIpc) is 2.28. The van der Waals surface area contributed by atoms with E-state index < -0.39 is 5.54 Å². The van der Waals surface area contributed by atoms with Crippen LogP contribution in [0.3, 0.4) is 0 Å². The van der Waals surface area contributed by atoms with Crippen LogP contribution in [-0.4, -0.2) is 19.5 Å². The van der Waals surface area contributed by atoms with E-state index in [1.54, 1.807) is 6.07 Å². The Bertz CT molecular complexity index is 410. The molecule has 0 saturated heterocycles. The van der Waals surface area contributed by atoms with Gasteiger partial charge in [-0.1, -0.05) is 12.1 Å². The summed E-state index contributed by atoms with van der Waals surface area (Å²) in [6, 6.07) is 6.32. The molecule has 1 aromatic rings. The summed E-state index contributed by atoms with van der Waals surface area (Å²) in [5.74, 6) is -0.301. The first-order valence-corrected chi connectivity index (χ1v) is 6.17. The zero-order valence-electron chi connectivity index (χ0n) is 11.6. The molecule has 0 aromatic heterocycles. The Labute approximate surface area is 120 Å². The van der Waals surface area contributed by atoms with Crippen LogP contribution in [0.4, 0.5) is 4.39 Å². The molecular weight excluding hydrogens is 267 g/mol. The van der Waals surface area contributed by atoms with Crippen molar-refractivity contribution < 1.29 is 9.18 Å². The topological polar surface area (TPSA) is 41.1 Å². The van der Waals surface area contributed by atoms with Crippen LogP contribution in [0.1, 0.15) is 32.3 Å². The number of hydrogen-bond donors (Lipinski definition) is 2. The normalized spacial score (nSPS) is 10.7. The fourth-order valence-corrected chi connectivity index (χ4v) is 1.79. The van der Waals surface area contributed by atoms with Gasteiger partial charge in [0.05, 0.1) is 5.54 Å². The molecule has 108 valence electrons. The molecule has 0 aliphatic carbocycles. The molecule has 0 spiro atoms. The van der Waals surface area contributed by atoms with Crippen molar-refractivity contribution in [2.45, 2.75) is 32.2 Å². The van der Waals surface area contributed by atoms with Crippen molar-refractivity contribution in [3.05, 3.63) is 35.6 Å². The van der Waals surface area contributed by atoms with Crippen LogP contribution >= 0.6 is 12.4 Å². The predicted molar refractivity (Wildman–Crippen MR) is 78.0 cm³/mol. The molecule has 3 nitrogen and oxygen atoms in total. The molecule has 0 bridgehead atoms. The van der Waals surface area contributed by atoms with Crippen LogP contribution in [0.25, 0.3) is 0 Å². The van der Waals surface area contributed by atoms with E-state index >= 15 is 0 Å². The maximum absolute atomic E-state index is 13.2. The van der Waals surface area contributed by atoms with Gasteiger partial charge in [0.1, 0.15) is 5.82 Å². The van der Waals surface area contributed by atoms with Gasteiger partial charge in [-0.25, -0.2) is 4.39 Å². The van der Waals surface area contributed by atoms with Crippen LogP contribution in [0.15, 0.2) is 24.3 Å². The van der Waals surface area contributed by atoms with E-state index in [0.717, 1.165) is 18.5 Å². The minimum Gasteiger partial charge on any atom is -0.347 e. The van der Waals surface area contributed by atoms with Gasteiger partial charge in [0, 0.05) is 6.42 Å². The van der Waals surface area contributed by atoms with Gasteiger partial charge in [-0.2, -0.15) is 0 Å². The number of amides is 1. The van der Waals surface area contributed by atoms with E-state index in [1.165, 1.54) is 12.1 Å². The van der Waals surface area contributed by atoms with Crippen molar-refractivity contribution in [3.63, 3.8) is 0 Å². The summed E-state index contributed by atoms with van der Waals surface area (Å²) in [6.07, 6.45) is 1.27. The lowest BCUT2D eigenvalue weighted by molar-refractivity contribution is -0.122. The zero-order valence-corrected chi connectivity index (χ0v) is 12.4. The van der Waals surface area contributed by atoms with Gasteiger partial charge in [0.2, 0.25) is 5.91 Å². The van der Waals surface area contributed by atoms with Gasteiger partial charge >= 0.3 is 0 Å². The lowest BCUT2D eigenvalue weighted by atomic mass is 9.94. The molecule has 0 aliphatic rings. The minimum absolute atomic E-state index is 0. The number of carbonyl (C=O) groups is 1. The fourth-order valence-electron chi connectivity index (χ4n) is 1.79. The summed E-state index contributed by atoms with van der Waals surface area (Å²) in [6.45, 7) is 4.56. The van der Waals surface area contributed by atoms with Crippen LogP contribution in [-0.2, 0) is 10.3 Å². The quantitative estimate of drug-likeness (QED) is 0.790. The van der Waals surface area contributed by atoms with Gasteiger partial charge in [-0.05, 0) is 51.6 Å². The molecule has 0 radical (unpaired) electrons. The Morgan fingerprint density at radius 3 is 2.63 bits per heavy atom. The summed E-state index contributed by atoms with van der Waals surface area (Å²) in [5.41, 5.74) is 0.211. The van der Waals surface area contributed by atoms with E-state index in [9.17, 15) is 9.18 Å². The molecule has 0 atom stereocenters. The third-order valence-electron chi connectivity index (χ3n) is 2.83. The minimum atomic E-state index is -0.557. The molecule has 0 unspecified atom stereocenters. The Hall–Kier alpha value is -1.13. The summed E-state index contributed by atoms with van der Waals surface area (Å²) in [7, 11) is 1.86. The Morgan fingerprint density at radius 2 is 2.05 bits per heavy atom.